The van der Waals surface area contributed by atoms with Gasteiger partial charge in [-0.05, 0) is 0 Å². The minimum atomic E-state index is -5.78. The fraction of sp³-hybridized carbons (Fsp3) is 0.800. The van der Waals surface area contributed by atoms with Crippen LogP contribution in [-0.4, -0.2) is 42.7 Å². The largest absolute Gasteiger partial charge is 0.513 e. The molecule has 0 saturated heterocycles. The number of ether oxygens (including phenoxy) is 1. The van der Waals surface area contributed by atoms with Gasteiger partial charge in [0.1, 0.15) is 6.61 Å². The van der Waals surface area contributed by atoms with Gasteiger partial charge < -0.3 is 4.74 Å². The lowest BCUT2D eigenvalue weighted by molar-refractivity contribution is -0.143. The van der Waals surface area contributed by atoms with E-state index in [4.69, 9.17) is 5.21 Å². The lowest BCUT2D eigenvalue weighted by Gasteiger charge is -2.16. The Balaban J connectivity index is 4.34. The van der Waals surface area contributed by atoms with E-state index in [-0.39, 0.29) is 0 Å². The van der Waals surface area contributed by atoms with Gasteiger partial charge in [-0.15, -0.1) is 0 Å². The molecule has 0 amide bonds. The average Bonchev–Trinajstić information content (AvgIpc) is 2.01. The summed E-state index contributed by atoms with van der Waals surface area (Å²) in [7, 11) is -5.78. The summed E-state index contributed by atoms with van der Waals surface area (Å²) < 4.78 is 59.4. The number of carbonyl (C=O) groups excluding carboxylic acids is 1. The van der Waals surface area contributed by atoms with E-state index in [2.05, 4.69) is 4.74 Å². The number of esters is 1. The maximum atomic E-state index is 11.8. The Bertz CT molecular complexity index is 324. The van der Waals surface area contributed by atoms with E-state index in [0.29, 0.717) is 0 Å². The summed E-state index contributed by atoms with van der Waals surface area (Å²) in [6, 6.07) is 0. The summed E-state index contributed by atoms with van der Waals surface area (Å²) in [5.74, 6) is -0.798. The first-order valence-electron chi connectivity index (χ1n) is 3.50. The molecule has 0 aliphatic carbocycles. The molecule has 0 atom stereocenters. The second-order valence-electron chi connectivity index (χ2n) is 2.34. The minimum absolute atomic E-state index is 0.666. The molecule has 0 unspecified atom stereocenters. The molecular formula is C5H8F3NO5S. The number of halogens is 3. The zero-order chi connectivity index (χ0) is 12.3. The number of hydrogen-bond donors (Lipinski definition) is 1. The third-order valence-corrected chi connectivity index (χ3v) is 2.48. The molecule has 0 aromatic heterocycles. The first-order valence-corrected chi connectivity index (χ1v) is 4.94. The summed E-state index contributed by atoms with van der Waals surface area (Å²) in [6.45, 7) is -0.664. The molecule has 15 heavy (non-hydrogen) atoms. The molecular weight excluding hydrogens is 243 g/mol. The van der Waals surface area contributed by atoms with Crippen molar-refractivity contribution in [3.8, 4) is 0 Å². The van der Waals surface area contributed by atoms with Crippen molar-refractivity contribution in [1.29, 1.82) is 0 Å². The molecule has 0 heterocycles. The van der Waals surface area contributed by atoms with Crippen LogP contribution in [0.3, 0.4) is 0 Å². The van der Waals surface area contributed by atoms with Crippen LogP contribution in [0.15, 0.2) is 0 Å². The van der Waals surface area contributed by atoms with Crippen molar-refractivity contribution in [2.24, 2.45) is 0 Å². The quantitative estimate of drug-likeness (QED) is 0.565. The van der Waals surface area contributed by atoms with E-state index < -0.39 is 39.1 Å². The van der Waals surface area contributed by atoms with E-state index in [0.717, 1.165) is 6.92 Å². The Morgan fingerprint density at radius 2 is 1.93 bits per heavy atom. The van der Waals surface area contributed by atoms with Crippen molar-refractivity contribution >= 4 is 16.0 Å². The van der Waals surface area contributed by atoms with Crippen LogP contribution >= 0.6 is 0 Å². The van der Waals surface area contributed by atoms with Gasteiger partial charge in [-0.25, -0.2) is 8.42 Å². The predicted molar refractivity (Wildman–Crippen MR) is 40.1 cm³/mol. The molecule has 0 fully saturated rings. The normalized spacial score (nSPS) is 12.9. The van der Waals surface area contributed by atoms with E-state index in [1.807, 2.05) is 0 Å². The van der Waals surface area contributed by atoms with E-state index in [9.17, 15) is 26.4 Å². The van der Waals surface area contributed by atoms with Crippen LogP contribution in [0, 0.1) is 0 Å². The summed E-state index contributed by atoms with van der Waals surface area (Å²) in [5, 5.41) is 8.56. The molecule has 1 N–H and O–H groups in total. The highest BCUT2D eigenvalue weighted by molar-refractivity contribution is 7.89. The molecule has 0 aromatic carbocycles. The van der Waals surface area contributed by atoms with E-state index in [1.54, 1.807) is 0 Å². The highest BCUT2D eigenvalue weighted by Gasteiger charge is 2.49. The Morgan fingerprint density at radius 1 is 1.47 bits per heavy atom. The van der Waals surface area contributed by atoms with Crippen LogP contribution in [0.4, 0.5) is 13.2 Å². The third kappa shape index (κ3) is 4.01. The van der Waals surface area contributed by atoms with Gasteiger partial charge in [0.15, 0.2) is 0 Å². The maximum absolute atomic E-state index is 11.8. The summed E-state index contributed by atoms with van der Waals surface area (Å²) in [6.07, 6.45) is 0. The van der Waals surface area contributed by atoms with Crippen molar-refractivity contribution in [2.75, 3.05) is 13.2 Å². The van der Waals surface area contributed by atoms with Gasteiger partial charge >= 0.3 is 21.5 Å². The van der Waals surface area contributed by atoms with Gasteiger partial charge in [0.05, 0.1) is 6.54 Å². The van der Waals surface area contributed by atoms with Crippen molar-refractivity contribution in [2.45, 2.75) is 12.4 Å². The topological polar surface area (TPSA) is 83.9 Å². The number of sulfonamides is 1. The molecule has 90 valence electrons. The molecule has 0 rings (SSSR count). The lowest BCUT2D eigenvalue weighted by Crippen LogP contribution is -2.40. The van der Waals surface area contributed by atoms with Gasteiger partial charge in [-0.1, -0.05) is 4.47 Å². The van der Waals surface area contributed by atoms with Gasteiger partial charge in [0.2, 0.25) is 0 Å². The van der Waals surface area contributed by atoms with Crippen molar-refractivity contribution in [3.63, 3.8) is 0 Å². The van der Waals surface area contributed by atoms with Crippen LogP contribution in [0.5, 0.6) is 0 Å². The number of carbonyl (C=O) groups is 1. The molecule has 0 saturated carbocycles. The summed E-state index contributed by atoms with van der Waals surface area (Å²) in [5.41, 5.74) is -5.59. The second kappa shape index (κ2) is 4.77. The first-order chi connectivity index (χ1) is 6.59. The smallest absolute Gasteiger partial charge is 0.464 e. The van der Waals surface area contributed by atoms with Gasteiger partial charge in [-0.3, -0.25) is 10.0 Å². The molecule has 0 radical (unpaired) electrons. The zero-order valence-corrected chi connectivity index (χ0v) is 8.30. The molecule has 6 nitrogen and oxygen atoms in total. The minimum Gasteiger partial charge on any atom is -0.464 e. The van der Waals surface area contributed by atoms with Crippen molar-refractivity contribution in [3.05, 3.63) is 0 Å². The van der Waals surface area contributed by atoms with Crippen molar-refractivity contribution in [1.82, 2.24) is 4.47 Å². The predicted octanol–water partition coefficient (Wildman–Crippen LogP) is 0.0903. The van der Waals surface area contributed by atoms with E-state index >= 15 is 0 Å². The number of hydrogen-bond acceptors (Lipinski definition) is 5. The Morgan fingerprint density at radius 3 is 2.27 bits per heavy atom. The van der Waals surface area contributed by atoms with Gasteiger partial charge in [0, 0.05) is 6.92 Å². The molecule has 0 bridgehead atoms. The Labute approximate surface area is 83.2 Å². The van der Waals surface area contributed by atoms with Crippen LogP contribution in [-0.2, 0) is 19.6 Å². The maximum Gasteiger partial charge on any atom is 0.513 e. The summed E-state index contributed by atoms with van der Waals surface area (Å²) in [4.78, 5) is 10.2. The Hall–Kier alpha value is -0.870. The summed E-state index contributed by atoms with van der Waals surface area (Å²) >= 11 is 0. The molecule has 0 aromatic rings. The van der Waals surface area contributed by atoms with Crippen LogP contribution < -0.4 is 0 Å². The number of nitrogens with zero attached hydrogens (tertiary/aromatic N) is 1. The monoisotopic (exact) mass is 251 g/mol. The molecule has 10 heteroatoms. The highest BCUT2D eigenvalue weighted by Crippen LogP contribution is 2.25. The molecule has 0 aliphatic rings. The first kappa shape index (κ1) is 14.1. The third-order valence-electron chi connectivity index (χ3n) is 1.16. The number of hydroxylamine groups is 1. The lowest BCUT2D eigenvalue weighted by atomic mass is 10.7. The molecule has 0 aliphatic heterocycles. The van der Waals surface area contributed by atoms with Crippen LogP contribution in [0.2, 0.25) is 0 Å². The van der Waals surface area contributed by atoms with Gasteiger partial charge in [-0.2, -0.15) is 13.2 Å². The van der Waals surface area contributed by atoms with Crippen molar-refractivity contribution < 1.29 is 36.3 Å². The zero-order valence-electron chi connectivity index (χ0n) is 7.48. The van der Waals surface area contributed by atoms with Crippen LogP contribution in [0.1, 0.15) is 6.92 Å². The fourth-order valence-electron chi connectivity index (χ4n) is 0.507. The van der Waals surface area contributed by atoms with Gasteiger partial charge in [0.25, 0.3) is 0 Å². The SMILES string of the molecule is CC(=O)OCCN(O)S(=O)(=O)C(F)(F)F. The Kier molecular flexibility index (Phi) is 4.49. The fourth-order valence-corrected chi connectivity index (χ4v) is 1.06. The number of alkyl halides is 3. The van der Waals surface area contributed by atoms with E-state index in [1.165, 1.54) is 0 Å². The highest BCUT2D eigenvalue weighted by atomic mass is 32.2. The standard InChI is InChI=1S/C5H8F3NO5S/c1-4(10)14-3-2-9(11)15(12,13)5(6,7)8/h11H,2-3H2,1H3. The average molecular weight is 251 g/mol. The molecule has 0 spiro atoms. The number of rotatable bonds is 4. The second-order valence-corrected chi connectivity index (χ2v) is 4.17. The van der Waals surface area contributed by atoms with Crippen LogP contribution in [0.25, 0.3) is 0 Å².